The molecule has 2 amide bonds. The third kappa shape index (κ3) is 4.15. The maximum atomic E-state index is 12.7. The zero-order valence-electron chi connectivity index (χ0n) is 17.6. The first-order valence-corrected chi connectivity index (χ1v) is 10.4. The van der Waals surface area contributed by atoms with Gasteiger partial charge in [0.1, 0.15) is 11.5 Å². The Morgan fingerprint density at radius 1 is 1.27 bits per heavy atom. The van der Waals surface area contributed by atoms with Gasteiger partial charge in [-0.15, -0.1) is 0 Å². The Hall–Kier alpha value is -2.97. The summed E-state index contributed by atoms with van der Waals surface area (Å²) in [7, 11) is 0. The molecule has 160 valence electrons. The molecule has 1 spiro atoms. The summed E-state index contributed by atoms with van der Waals surface area (Å²) in [6.45, 7) is 7.25. The number of carbonyl (C=O) groups excluding carboxylic acids is 2. The SMILES string of the molecule is Cc1cc(C(=O)N2CCC3(CC2)CC3NC(=O)c2cc(CC(C)C)nc(N)n2)no1. The van der Waals surface area contributed by atoms with Crippen LogP contribution in [0.5, 0.6) is 0 Å². The molecule has 0 radical (unpaired) electrons. The lowest BCUT2D eigenvalue weighted by Crippen LogP contribution is -2.42. The number of nitrogens with one attached hydrogen (secondary N) is 1. The molecular weight excluding hydrogens is 384 g/mol. The van der Waals surface area contributed by atoms with E-state index in [-0.39, 0.29) is 29.2 Å². The fourth-order valence-corrected chi connectivity index (χ4v) is 4.28. The van der Waals surface area contributed by atoms with E-state index in [1.807, 2.05) is 4.90 Å². The number of amides is 2. The molecular formula is C21H28N6O3. The summed E-state index contributed by atoms with van der Waals surface area (Å²) in [5.74, 6) is 0.845. The Balaban J connectivity index is 1.34. The number of nitrogens with zero attached hydrogens (tertiary/aromatic N) is 4. The van der Waals surface area contributed by atoms with Crippen molar-refractivity contribution in [1.29, 1.82) is 0 Å². The molecule has 4 rings (SSSR count). The standard InChI is InChI=1S/C21H28N6O3/c1-12(2)8-14-10-15(24-20(22)23-14)18(28)25-17-11-21(17)4-6-27(7-5-21)19(29)16-9-13(3)30-26-16/h9-10,12,17H,4-8,11H2,1-3H3,(H,25,28)(H2,22,23,24). The minimum atomic E-state index is -0.215. The Morgan fingerprint density at radius 2 is 2.00 bits per heavy atom. The van der Waals surface area contributed by atoms with Crippen LogP contribution in [0, 0.1) is 18.3 Å². The van der Waals surface area contributed by atoms with Gasteiger partial charge in [0.15, 0.2) is 5.69 Å². The highest BCUT2D eigenvalue weighted by atomic mass is 16.5. The fourth-order valence-electron chi connectivity index (χ4n) is 4.28. The minimum absolute atomic E-state index is 0.0610. The van der Waals surface area contributed by atoms with Crippen molar-refractivity contribution >= 4 is 17.8 Å². The van der Waals surface area contributed by atoms with Gasteiger partial charge in [-0.05, 0) is 50.0 Å². The molecule has 0 aromatic carbocycles. The molecule has 1 saturated heterocycles. The zero-order chi connectivity index (χ0) is 21.5. The molecule has 1 aliphatic carbocycles. The Labute approximate surface area is 175 Å². The lowest BCUT2D eigenvalue weighted by atomic mass is 9.92. The third-order valence-electron chi connectivity index (χ3n) is 6.04. The summed E-state index contributed by atoms with van der Waals surface area (Å²) < 4.78 is 5.01. The van der Waals surface area contributed by atoms with Crippen molar-refractivity contribution in [2.45, 2.75) is 52.5 Å². The number of nitrogen functional groups attached to an aromatic ring is 1. The Kier molecular flexibility index (Phi) is 5.21. The number of hydrogen-bond donors (Lipinski definition) is 2. The van der Waals surface area contributed by atoms with Gasteiger partial charge in [0.2, 0.25) is 5.95 Å². The molecule has 3 heterocycles. The van der Waals surface area contributed by atoms with E-state index >= 15 is 0 Å². The van der Waals surface area contributed by atoms with E-state index in [1.54, 1.807) is 19.1 Å². The van der Waals surface area contributed by atoms with Crippen LogP contribution in [0.1, 0.15) is 65.5 Å². The van der Waals surface area contributed by atoms with E-state index in [0.29, 0.717) is 36.2 Å². The number of rotatable bonds is 5. The van der Waals surface area contributed by atoms with Gasteiger partial charge >= 0.3 is 0 Å². The normalized spacial score (nSPS) is 19.9. The summed E-state index contributed by atoms with van der Waals surface area (Å²) in [6.07, 6.45) is 3.37. The van der Waals surface area contributed by atoms with Crippen molar-refractivity contribution in [3.8, 4) is 0 Å². The van der Waals surface area contributed by atoms with E-state index in [1.165, 1.54) is 0 Å². The van der Waals surface area contributed by atoms with Crippen LogP contribution < -0.4 is 11.1 Å². The summed E-state index contributed by atoms with van der Waals surface area (Å²) >= 11 is 0. The molecule has 2 aromatic heterocycles. The number of piperidine rings is 1. The van der Waals surface area contributed by atoms with Gasteiger partial charge < -0.3 is 20.5 Å². The van der Waals surface area contributed by atoms with Crippen molar-refractivity contribution in [1.82, 2.24) is 25.3 Å². The topological polar surface area (TPSA) is 127 Å². The molecule has 2 fully saturated rings. The van der Waals surface area contributed by atoms with Crippen LogP contribution in [0.15, 0.2) is 16.7 Å². The van der Waals surface area contributed by atoms with Crippen molar-refractivity contribution < 1.29 is 14.1 Å². The van der Waals surface area contributed by atoms with Gasteiger partial charge in [-0.25, -0.2) is 9.97 Å². The molecule has 1 aliphatic heterocycles. The van der Waals surface area contributed by atoms with E-state index in [4.69, 9.17) is 10.3 Å². The number of aromatic nitrogens is 3. The van der Waals surface area contributed by atoms with Gasteiger partial charge in [0, 0.05) is 30.9 Å². The maximum Gasteiger partial charge on any atom is 0.276 e. The van der Waals surface area contributed by atoms with Crippen LogP contribution in [-0.2, 0) is 6.42 Å². The third-order valence-corrected chi connectivity index (χ3v) is 6.04. The Bertz CT molecular complexity index is 961. The summed E-state index contributed by atoms with van der Waals surface area (Å²) in [4.78, 5) is 35.4. The number of nitrogens with two attached hydrogens (primary N) is 1. The highest BCUT2D eigenvalue weighted by Crippen LogP contribution is 2.54. The predicted molar refractivity (Wildman–Crippen MR) is 110 cm³/mol. The van der Waals surface area contributed by atoms with Gasteiger partial charge in [0.05, 0.1) is 0 Å². The second-order valence-electron chi connectivity index (χ2n) is 8.91. The molecule has 1 unspecified atom stereocenters. The van der Waals surface area contributed by atoms with Crippen LogP contribution in [0.25, 0.3) is 0 Å². The molecule has 1 atom stereocenters. The zero-order valence-corrected chi connectivity index (χ0v) is 17.6. The lowest BCUT2D eigenvalue weighted by Gasteiger charge is -2.32. The molecule has 3 N–H and O–H groups in total. The van der Waals surface area contributed by atoms with E-state index in [0.717, 1.165) is 31.4 Å². The second-order valence-corrected chi connectivity index (χ2v) is 8.91. The molecule has 30 heavy (non-hydrogen) atoms. The second kappa shape index (κ2) is 7.70. The first-order valence-electron chi connectivity index (χ1n) is 10.4. The quantitative estimate of drug-likeness (QED) is 0.768. The highest BCUT2D eigenvalue weighted by molar-refractivity contribution is 5.93. The number of aryl methyl sites for hydroxylation is 1. The minimum Gasteiger partial charge on any atom is -0.368 e. The van der Waals surface area contributed by atoms with Crippen molar-refractivity contribution in [2.75, 3.05) is 18.8 Å². The van der Waals surface area contributed by atoms with E-state index in [2.05, 4.69) is 34.3 Å². The van der Waals surface area contributed by atoms with Gasteiger partial charge in [0.25, 0.3) is 11.8 Å². The fraction of sp³-hybridized carbons (Fsp3) is 0.571. The lowest BCUT2D eigenvalue weighted by molar-refractivity contribution is 0.0657. The number of anilines is 1. The molecule has 2 aliphatic rings. The van der Waals surface area contributed by atoms with Gasteiger partial charge in [-0.2, -0.15) is 0 Å². The number of likely N-dealkylation sites (tertiary alicyclic amines) is 1. The molecule has 0 bridgehead atoms. The van der Waals surface area contributed by atoms with Crippen molar-refractivity contribution in [3.63, 3.8) is 0 Å². The summed E-state index contributed by atoms with van der Waals surface area (Å²) in [5, 5.41) is 6.92. The smallest absolute Gasteiger partial charge is 0.276 e. The molecule has 2 aromatic rings. The first kappa shape index (κ1) is 20.3. The molecule has 1 saturated carbocycles. The molecule has 9 nitrogen and oxygen atoms in total. The summed E-state index contributed by atoms with van der Waals surface area (Å²) in [5.41, 5.74) is 7.30. The summed E-state index contributed by atoms with van der Waals surface area (Å²) in [6, 6.07) is 3.48. The van der Waals surface area contributed by atoms with E-state index in [9.17, 15) is 9.59 Å². The van der Waals surface area contributed by atoms with Crippen LogP contribution in [0.2, 0.25) is 0 Å². The van der Waals surface area contributed by atoms with Crippen LogP contribution in [0.4, 0.5) is 5.95 Å². The average molecular weight is 412 g/mol. The van der Waals surface area contributed by atoms with Crippen LogP contribution in [-0.4, -0.2) is 51.0 Å². The monoisotopic (exact) mass is 412 g/mol. The Morgan fingerprint density at radius 3 is 2.63 bits per heavy atom. The number of carbonyl (C=O) groups is 2. The molecule has 9 heteroatoms. The largest absolute Gasteiger partial charge is 0.368 e. The van der Waals surface area contributed by atoms with Gasteiger partial charge in [-0.1, -0.05) is 19.0 Å². The van der Waals surface area contributed by atoms with Crippen LogP contribution >= 0.6 is 0 Å². The highest BCUT2D eigenvalue weighted by Gasteiger charge is 2.56. The number of hydrogen-bond acceptors (Lipinski definition) is 7. The first-order chi connectivity index (χ1) is 14.3. The maximum absolute atomic E-state index is 12.7. The van der Waals surface area contributed by atoms with Crippen molar-refractivity contribution in [2.24, 2.45) is 11.3 Å². The predicted octanol–water partition coefficient (Wildman–Crippen LogP) is 1.98. The average Bonchev–Trinajstić information content (AvgIpc) is 3.13. The van der Waals surface area contributed by atoms with Crippen LogP contribution in [0.3, 0.4) is 0 Å². The van der Waals surface area contributed by atoms with Gasteiger partial charge in [-0.3, -0.25) is 9.59 Å². The van der Waals surface area contributed by atoms with E-state index < -0.39 is 0 Å². The van der Waals surface area contributed by atoms with Crippen molar-refractivity contribution in [3.05, 3.63) is 35.0 Å².